The molecule has 3 rings (SSSR count). The highest BCUT2D eigenvalue weighted by Gasteiger charge is 2.40. The molecule has 0 N–H and O–H groups in total. The Bertz CT molecular complexity index is 984. The molecule has 1 heterocycles. The molecule has 2 aromatic carbocycles. The summed E-state index contributed by atoms with van der Waals surface area (Å²) in [7, 11) is -3.89. The molecular formula is C20H22N2O4S. The zero-order chi connectivity index (χ0) is 19.8. The van der Waals surface area contributed by atoms with E-state index in [2.05, 4.69) is 0 Å². The molecule has 2 amide bonds. The molecule has 0 unspecified atom stereocenters. The van der Waals surface area contributed by atoms with Crippen LogP contribution in [0.5, 0.6) is 0 Å². The number of rotatable bonds is 5. The SMILES string of the molecule is CCN1C(=O)c2ccc(C(=O)N(Cc3ccccc3)C(C)C)cc2S1(=O)=O. The van der Waals surface area contributed by atoms with Crippen LogP contribution >= 0.6 is 0 Å². The maximum atomic E-state index is 13.1. The van der Waals surface area contributed by atoms with Gasteiger partial charge in [-0.2, -0.15) is 0 Å². The van der Waals surface area contributed by atoms with E-state index in [0.29, 0.717) is 6.54 Å². The predicted octanol–water partition coefficient (Wildman–Crippen LogP) is 2.90. The largest absolute Gasteiger partial charge is 0.332 e. The molecule has 0 spiro atoms. The van der Waals surface area contributed by atoms with Gasteiger partial charge in [-0.05, 0) is 44.5 Å². The molecule has 0 radical (unpaired) electrons. The van der Waals surface area contributed by atoms with E-state index in [1.54, 1.807) is 11.8 Å². The van der Waals surface area contributed by atoms with Gasteiger partial charge in [-0.1, -0.05) is 30.3 Å². The van der Waals surface area contributed by atoms with Crippen LogP contribution < -0.4 is 0 Å². The lowest BCUT2D eigenvalue weighted by Crippen LogP contribution is -2.36. The van der Waals surface area contributed by atoms with Crippen molar-refractivity contribution in [3.8, 4) is 0 Å². The lowest BCUT2D eigenvalue weighted by Gasteiger charge is -2.27. The Labute approximate surface area is 159 Å². The molecule has 0 aromatic heterocycles. The van der Waals surface area contributed by atoms with Crippen molar-refractivity contribution in [3.05, 3.63) is 65.2 Å². The van der Waals surface area contributed by atoms with Gasteiger partial charge in [-0.25, -0.2) is 12.7 Å². The molecule has 1 aliphatic rings. The molecule has 0 fully saturated rings. The van der Waals surface area contributed by atoms with Gasteiger partial charge in [0.2, 0.25) is 0 Å². The predicted molar refractivity (Wildman–Crippen MR) is 102 cm³/mol. The number of benzene rings is 2. The zero-order valence-electron chi connectivity index (χ0n) is 15.5. The standard InChI is InChI=1S/C20H22N2O4S/c1-4-22-20(24)17-11-10-16(12-18(17)27(22,25)26)19(23)21(14(2)3)13-15-8-6-5-7-9-15/h5-12,14H,4,13H2,1-3H3. The molecule has 0 bridgehead atoms. The van der Waals surface area contributed by atoms with E-state index in [4.69, 9.17) is 0 Å². The van der Waals surface area contributed by atoms with Crippen LogP contribution in [0.25, 0.3) is 0 Å². The average molecular weight is 386 g/mol. The van der Waals surface area contributed by atoms with Crippen molar-refractivity contribution in [2.45, 2.75) is 38.3 Å². The maximum absolute atomic E-state index is 13.1. The summed E-state index contributed by atoms with van der Waals surface area (Å²) < 4.78 is 26.0. The Morgan fingerprint density at radius 3 is 2.37 bits per heavy atom. The smallest absolute Gasteiger partial charge is 0.268 e. The summed E-state index contributed by atoms with van der Waals surface area (Å²) in [5.74, 6) is -0.814. The molecule has 27 heavy (non-hydrogen) atoms. The zero-order valence-corrected chi connectivity index (χ0v) is 16.4. The molecule has 1 aliphatic heterocycles. The number of fused-ring (bicyclic) bond motifs is 1. The number of carbonyl (C=O) groups excluding carboxylic acids is 2. The van der Waals surface area contributed by atoms with Gasteiger partial charge in [0.05, 0.1) is 5.56 Å². The van der Waals surface area contributed by atoms with E-state index in [9.17, 15) is 18.0 Å². The fourth-order valence-corrected chi connectivity index (χ4v) is 4.76. The highest BCUT2D eigenvalue weighted by atomic mass is 32.2. The molecule has 6 nitrogen and oxygen atoms in total. The summed E-state index contributed by atoms with van der Waals surface area (Å²) in [6, 6.07) is 13.8. The Morgan fingerprint density at radius 2 is 1.78 bits per heavy atom. The van der Waals surface area contributed by atoms with E-state index in [-0.39, 0.29) is 34.5 Å². The average Bonchev–Trinajstić information content (AvgIpc) is 2.84. The van der Waals surface area contributed by atoms with Crippen molar-refractivity contribution in [1.29, 1.82) is 0 Å². The first-order valence-corrected chi connectivity index (χ1v) is 10.3. The van der Waals surface area contributed by atoms with Crippen LogP contribution in [0.1, 0.15) is 47.1 Å². The van der Waals surface area contributed by atoms with Crippen LogP contribution in [0.2, 0.25) is 0 Å². The summed E-state index contributed by atoms with van der Waals surface area (Å²) in [5.41, 5.74) is 1.36. The van der Waals surface area contributed by atoms with Gasteiger partial charge in [0.15, 0.2) is 0 Å². The molecule has 0 atom stereocenters. The third kappa shape index (κ3) is 3.35. The normalized spacial score (nSPS) is 15.1. The monoisotopic (exact) mass is 386 g/mol. The third-order valence-corrected chi connectivity index (χ3v) is 6.52. The Balaban J connectivity index is 1.97. The minimum Gasteiger partial charge on any atom is -0.332 e. The topological polar surface area (TPSA) is 74.8 Å². The number of amides is 2. The second-order valence-corrected chi connectivity index (χ2v) is 8.53. The summed E-state index contributed by atoms with van der Waals surface area (Å²) in [6.45, 7) is 5.90. The lowest BCUT2D eigenvalue weighted by atomic mass is 10.1. The Kier molecular flexibility index (Phi) is 5.06. The van der Waals surface area contributed by atoms with Crippen LogP contribution in [0.4, 0.5) is 0 Å². The molecular weight excluding hydrogens is 364 g/mol. The highest BCUT2D eigenvalue weighted by Crippen LogP contribution is 2.31. The summed E-state index contributed by atoms with van der Waals surface area (Å²) in [6.07, 6.45) is 0. The van der Waals surface area contributed by atoms with E-state index in [1.807, 2.05) is 44.2 Å². The minimum absolute atomic E-state index is 0.0608. The molecule has 7 heteroatoms. The van der Waals surface area contributed by atoms with Crippen molar-refractivity contribution in [1.82, 2.24) is 9.21 Å². The van der Waals surface area contributed by atoms with Gasteiger partial charge in [-0.15, -0.1) is 0 Å². The minimum atomic E-state index is -3.89. The first-order chi connectivity index (χ1) is 12.8. The molecule has 142 valence electrons. The van der Waals surface area contributed by atoms with Gasteiger partial charge in [0.1, 0.15) is 4.90 Å². The van der Waals surface area contributed by atoms with E-state index < -0.39 is 15.9 Å². The van der Waals surface area contributed by atoms with E-state index in [1.165, 1.54) is 18.2 Å². The number of sulfonamides is 1. The first kappa shape index (κ1) is 19.1. The Hall–Kier alpha value is -2.67. The van der Waals surface area contributed by atoms with Crippen LogP contribution in [0, 0.1) is 0 Å². The van der Waals surface area contributed by atoms with E-state index in [0.717, 1.165) is 9.87 Å². The second kappa shape index (κ2) is 7.15. The number of hydrogen-bond acceptors (Lipinski definition) is 4. The quantitative estimate of drug-likeness (QED) is 0.792. The van der Waals surface area contributed by atoms with Gasteiger partial charge in [0, 0.05) is 24.7 Å². The van der Waals surface area contributed by atoms with E-state index >= 15 is 0 Å². The molecule has 0 saturated carbocycles. The highest BCUT2D eigenvalue weighted by molar-refractivity contribution is 7.90. The lowest BCUT2D eigenvalue weighted by molar-refractivity contribution is 0.0689. The van der Waals surface area contributed by atoms with Crippen LogP contribution in [0.3, 0.4) is 0 Å². The van der Waals surface area contributed by atoms with Gasteiger partial charge in [-0.3, -0.25) is 9.59 Å². The third-order valence-electron chi connectivity index (χ3n) is 4.62. The van der Waals surface area contributed by atoms with Gasteiger partial charge in [0.25, 0.3) is 21.8 Å². The molecule has 2 aromatic rings. The maximum Gasteiger partial charge on any atom is 0.268 e. The van der Waals surface area contributed by atoms with Crippen molar-refractivity contribution in [2.75, 3.05) is 6.54 Å². The van der Waals surface area contributed by atoms with Crippen molar-refractivity contribution in [2.24, 2.45) is 0 Å². The number of hydrogen-bond donors (Lipinski definition) is 0. The summed E-state index contributed by atoms with van der Waals surface area (Å²) in [4.78, 5) is 26.9. The van der Waals surface area contributed by atoms with Crippen LogP contribution in [-0.2, 0) is 16.6 Å². The number of nitrogens with zero attached hydrogens (tertiary/aromatic N) is 2. The Morgan fingerprint density at radius 1 is 1.11 bits per heavy atom. The first-order valence-electron chi connectivity index (χ1n) is 8.83. The van der Waals surface area contributed by atoms with Crippen LogP contribution in [0.15, 0.2) is 53.4 Å². The summed E-state index contributed by atoms with van der Waals surface area (Å²) in [5, 5.41) is 0. The van der Waals surface area contributed by atoms with Crippen LogP contribution in [-0.4, -0.2) is 42.0 Å². The van der Waals surface area contributed by atoms with Gasteiger partial charge < -0.3 is 4.90 Å². The number of carbonyl (C=O) groups is 2. The fraction of sp³-hybridized carbons (Fsp3) is 0.300. The van der Waals surface area contributed by atoms with Crippen molar-refractivity contribution >= 4 is 21.8 Å². The van der Waals surface area contributed by atoms with Gasteiger partial charge >= 0.3 is 0 Å². The fourth-order valence-electron chi connectivity index (χ4n) is 3.16. The van der Waals surface area contributed by atoms with Crippen molar-refractivity contribution in [3.63, 3.8) is 0 Å². The molecule has 0 saturated heterocycles. The second-order valence-electron chi connectivity index (χ2n) is 6.70. The summed E-state index contributed by atoms with van der Waals surface area (Å²) >= 11 is 0. The van der Waals surface area contributed by atoms with Crippen molar-refractivity contribution < 1.29 is 18.0 Å². The molecule has 0 aliphatic carbocycles.